The Morgan fingerprint density at radius 3 is 2.57 bits per heavy atom. The molecule has 4 rings (SSSR count). The fourth-order valence-electron chi connectivity index (χ4n) is 4.09. The maximum atomic E-state index is 12.8. The number of β-amino-alcohol motifs (C(OH)–C–C–N with tert-alkyl or cyclic N) is 1. The molecule has 0 spiro atoms. The van der Waals surface area contributed by atoms with Crippen molar-refractivity contribution in [3.63, 3.8) is 0 Å². The number of aliphatic hydroxyl groups is 1. The van der Waals surface area contributed by atoms with E-state index in [9.17, 15) is 24.3 Å². The monoisotopic (exact) mass is 415 g/mol. The third-order valence-electron chi connectivity index (χ3n) is 5.62. The summed E-state index contributed by atoms with van der Waals surface area (Å²) in [6.45, 7) is 5.78. The molecule has 3 heterocycles. The molecule has 30 heavy (non-hydrogen) atoms. The van der Waals surface area contributed by atoms with E-state index in [4.69, 9.17) is 4.74 Å². The van der Waals surface area contributed by atoms with Gasteiger partial charge in [-0.1, -0.05) is 12.1 Å². The highest BCUT2D eigenvalue weighted by molar-refractivity contribution is 6.05. The zero-order valence-electron chi connectivity index (χ0n) is 17.2. The van der Waals surface area contributed by atoms with Gasteiger partial charge in [0.05, 0.1) is 13.1 Å². The Balaban J connectivity index is 1.47. The van der Waals surface area contributed by atoms with Crippen molar-refractivity contribution >= 4 is 23.8 Å². The van der Waals surface area contributed by atoms with Crippen LogP contribution in [-0.2, 0) is 26.5 Å². The molecule has 9 heteroatoms. The van der Waals surface area contributed by atoms with Gasteiger partial charge in [0.1, 0.15) is 17.2 Å². The Bertz CT molecular complexity index is 945. The van der Waals surface area contributed by atoms with Crippen LogP contribution in [0, 0.1) is 0 Å². The van der Waals surface area contributed by atoms with Crippen LogP contribution in [0.15, 0.2) is 18.2 Å². The van der Waals surface area contributed by atoms with Gasteiger partial charge in [0.25, 0.3) is 5.91 Å². The number of likely N-dealkylation sites (tertiary alicyclic amines) is 1. The second-order valence-electron chi connectivity index (χ2n) is 9.14. The van der Waals surface area contributed by atoms with E-state index in [0.29, 0.717) is 23.1 Å². The second kappa shape index (κ2) is 6.80. The van der Waals surface area contributed by atoms with Crippen LogP contribution in [0.1, 0.15) is 55.1 Å². The summed E-state index contributed by atoms with van der Waals surface area (Å²) in [5, 5.41) is 13.2. The molecule has 3 aliphatic heterocycles. The van der Waals surface area contributed by atoms with Crippen LogP contribution >= 0.6 is 0 Å². The van der Waals surface area contributed by atoms with Crippen LogP contribution in [0.25, 0.3) is 0 Å². The first-order chi connectivity index (χ1) is 14.0. The number of hydrogen-bond donors (Lipinski definition) is 2. The van der Waals surface area contributed by atoms with Gasteiger partial charge >= 0.3 is 6.09 Å². The number of piperidine rings is 1. The standard InChI is InChI=1S/C21H25N3O6/c1-20(2,3)30-19(28)23-10-21(29,11-23)13-4-5-14-12(8-13)9-24(18(14)27)15-6-7-16(25)22-17(15)26/h4-5,8,15,29H,6-7,9-11H2,1-3H3,(H,22,25,26). The number of ether oxygens (including phenoxy) is 1. The Labute approximate surface area is 174 Å². The van der Waals surface area contributed by atoms with Gasteiger partial charge in [-0.25, -0.2) is 4.79 Å². The molecule has 2 N–H and O–H groups in total. The van der Waals surface area contributed by atoms with Gasteiger partial charge in [0.2, 0.25) is 11.8 Å². The van der Waals surface area contributed by atoms with Crippen LogP contribution in [0.4, 0.5) is 4.79 Å². The van der Waals surface area contributed by atoms with Crippen molar-refractivity contribution in [2.45, 2.75) is 57.4 Å². The van der Waals surface area contributed by atoms with Crippen LogP contribution in [-0.4, -0.2) is 63.5 Å². The summed E-state index contributed by atoms with van der Waals surface area (Å²) in [7, 11) is 0. The number of rotatable bonds is 2. The Morgan fingerprint density at radius 1 is 1.23 bits per heavy atom. The number of benzene rings is 1. The molecule has 0 aromatic heterocycles. The highest BCUT2D eigenvalue weighted by atomic mass is 16.6. The van der Waals surface area contributed by atoms with Crippen LogP contribution in [0.3, 0.4) is 0 Å². The van der Waals surface area contributed by atoms with E-state index in [1.54, 1.807) is 39.0 Å². The normalized spacial score (nSPS) is 23.1. The van der Waals surface area contributed by atoms with Gasteiger partial charge in [-0.2, -0.15) is 0 Å². The van der Waals surface area contributed by atoms with E-state index in [-0.39, 0.29) is 37.9 Å². The van der Waals surface area contributed by atoms with Crippen molar-refractivity contribution in [3.05, 3.63) is 34.9 Å². The maximum Gasteiger partial charge on any atom is 0.410 e. The minimum absolute atomic E-state index is 0.103. The van der Waals surface area contributed by atoms with Crippen LogP contribution < -0.4 is 5.32 Å². The largest absolute Gasteiger partial charge is 0.444 e. The predicted molar refractivity (Wildman–Crippen MR) is 104 cm³/mol. The molecule has 160 valence electrons. The Morgan fingerprint density at radius 2 is 1.93 bits per heavy atom. The highest BCUT2D eigenvalue weighted by Gasteiger charge is 2.47. The van der Waals surface area contributed by atoms with E-state index >= 15 is 0 Å². The van der Waals surface area contributed by atoms with E-state index in [1.807, 2.05) is 0 Å². The lowest BCUT2D eigenvalue weighted by molar-refractivity contribution is -0.136. The minimum atomic E-state index is -1.21. The number of carbonyl (C=O) groups is 4. The molecule has 0 bridgehead atoms. The van der Waals surface area contributed by atoms with Crippen LogP contribution in [0.2, 0.25) is 0 Å². The molecule has 1 unspecified atom stereocenters. The molecule has 0 radical (unpaired) electrons. The van der Waals surface area contributed by atoms with Gasteiger partial charge in [-0.15, -0.1) is 0 Å². The van der Waals surface area contributed by atoms with E-state index in [2.05, 4.69) is 5.32 Å². The smallest absolute Gasteiger partial charge is 0.410 e. The maximum absolute atomic E-state index is 12.8. The lowest BCUT2D eigenvalue weighted by atomic mass is 9.85. The fraction of sp³-hybridized carbons (Fsp3) is 0.524. The third kappa shape index (κ3) is 3.54. The zero-order valence-corrected chi connectivity index (χ0v) is 17.2. The molecule has 9 nitrogen and oxygen atoms in total. The van der Waals surface area contributed by atoms with E-state index in [1.165, 1.54) is 9.80 Å². The van der Waals surface area contributed by atoms with Gasteiger partial charge in [0, 0.05) is 18.5 Å². The summed E-state index contributed by atoms with van der Waals surface area (Å²) in [5.41, 5.74) is -0.0180. The Kier molecular flexibility index (Phi) is 4.61. The van der Waals surface area contributed by atoms with Crippen molar-refractivity contribution < 1.29 is 29.0 Å². The number of fused-ring (bicyclic) bond motifs is 1. The first kappa shape index (κ1) is 20.3. The van der Waals surface area contributed by atoms with Crippen molar-refractivity contribution in [1.82, 2.24) is 15.1 Å². The number of carbonyl (C=O) groups excluding carboxylic acids is 4. The first-order valence-electron chi connectivity index (χ1n) is 9.95. The number of amides is 4. The van der Waals surface area contributed by atoms with Crippen molar-refractivity contribution in [2.24, 2.45) is 0 Å². The van der Waals surface area contributed by atoms with Gasteiger partial charge in [0.15, 0.2) is 0 Å². The van der Waals surface area contributed by atoms with Gasteiger partial charge in [-0.3, -0.25) is 19.7 Å². The average molecular weight is 415 g/mol. The molecule has 0 saturated carbocycles. The molecule has 1 atom stereocenters. The summed E-state index contributed by atoms with van der Waals surface area (Å²) in [5.74, 6) is -1.05. The predicted octanol–water partition coefficient (Wildman–Crippen LogP) is 0.886. The molecule has 4 amide bonds. The summed E-state index contributed by atoms with van der Waals surface area (Å²) in [6.07, 6.45) is 0.0150. The molecular formula is C21H25N3O6. The molecule has 1 aromatic carbocycles. The highest BCUT2D eigenvalue weighted by Crippen LogP contribution is 2.36. The lowest BCUT2D eigenvalue weighted by Gasteiger charge is -2.46. The molecule has 0 aliphatic carbocycles. The minimum Gasteiger partial charge on any atom is -0.444 e. The summed E-state index contributed by atoms with van der Waals surface area (Å²) < 4.78 is 5.32. The molecule has 1 aromatic rings. The lowest BCUT2D eigenvalue weighted by Crippen LogP contribution is -2.61. The van der Waals surface area contributed by atoms with Crippen LogP contribution in [0.5, 0.6) is 0 Å². The number of imide groups is 1. The summed E-state index contributed by atoms with van der Waals surface area (Å²) >= 11 is 0. The number of nitrogens with zero attached hydrogens (tertiary/aromatic N) is 2. The topological polar surface area (TPSA) is 116 Å². The molecule has 3 aliphatic rings. The first-order valence-corrected chi connectivity index (χ1v) is 9.95. The van der Waals surface area contributed by atoms with E-state index in [0.717, 1.165) is 0 Å². The quantitative estimate of drug-likeness (QED) is 0.693. The number of hydrogen-bond acceptors (Lipinski definition) is 6. The molecule has 2 saturated heterocycles. The van der Waals surface area contributed by atoms with E-state index < -0.39 is 29.2 Å². The zero-order chi connectivity index (χ0) is 21.8. The third-order valence-corrected chi connectivity index (χ3v) is 5.62. The second-order valence-corrected chi connectivity index (χ2v) is 9.14. The van der Waals surface area contributed by atoms with Gasteiger partial charge < -0.3 is 19.6 Å². The number of nitrogens with one attached hydrogen (secondary N) is 1. The van der Waals surface area contributed by atoms with Gasteiger partial charge in [-0.05, 0) is 44.4 Å². The summed E-state index contributed by atoms with van der Waals surface area (Å²) in [4.78, 5) is 51.3. The van der Waals surface area contributed by atoms with Crippen molar-refractivity contribution in [1.29, 1.82) is 0 Å². The fourth-order valence-corrected chi connectivity index (χ4v) is 4.09. The molecule has 2 fully saturated rings. The summed E-state index contributed by atoms with van der Waals surface area (Å²) in [6, 6.07) is 4.40. The Hall–Kier alpha value is -2.94. The van der Waals surface area contributed by atoms with Crippen molar-refractivity contribution in [3.8, 4) is 0 Å². The molecular weight excluding hydrogens is 390 g/mol. The SMILES string of the molecule is CC(C)(C)OC(=O)N1CC(O)(c2ccc3c(c2)CN(C2CCC(=O)NC2=O)C3=O)C1. The van der Waals surface area contributed by atoms with Crippen molar-refractivity contribution in [2.75, 3.05) is 13.1 Å². The average Bonchev–Trinajstić information content (AvgIpc) is 2.93.